The van der Waals surface area contributed by atoms with E-state index in [1.807, 2.05) is 0 Å². The molecule has 2 aliphatic rings. The Hall–Kier alpha value is -3.78. The molecule has 4 aromatic rings. The summed E-state index contributed by atoms with van der Waals surface area (Å²) in [6.45, 7) is 5.26. The van der Waals surface area contributed by atoms with E-state index in [0.717, 1.165) is 42.6 Å². The molecule has 2 heterocycles. The van der Waals surface area contributed by atoms with Gasteiger partial charge in [0.15, 0.2) is 6.04 Å². The number of fused-ring (bicyclic) bond motifs is 1. The molecule has 1 aliphatic carbocycles. The zero-order valence-corrected chi connectivity index (χ0v) is 31.6. The number of halogens is 3. The van der Waals surface area contributed by atoms with Gasteiger partial charge in [0, 0.05) is 34.4 Å². The second-order valence-corrected chi connectivity index (χ2v) is 17.8. The van der Waals surface area contributed by atoms with Crippen LogP contribution in [0.4, 0.5) is 13.6 Å². The number of ether oxygens (including phenoxy) is 2. The first-order valence-corrected chi connectivity index (χ1v) is 20.0. The highest BCUT2D eigenvalue weighted by Gasteiger charge is 2.50. The second kappa shape index (κ2) is 15.3. The maximum absolute atomic E-state index is 16.6. The predicted molar refractivity (Wildman–Crippen MR) is 199 cm³/mol. The first-order valence-electron chi connectivity index (χ1n) is 17.3. The first kappa shape index (κ1) is 38.0. The summed E-state index contributed by atoms with van der Waals surface area (Å²) in [4.78, 5) is 27.6. The lowest BCUT2D eigenvalue weighted by molar-refractivity contribution is -0.145. The van der Waals surface area contributed by atoms with Gasteiger partial charge in [-0.3, -0.25) is 4.79 Å². The number of rotatable bonds is 10. The van der Waals surface area contributed by atoms with E-state index in [-0.39, 0.29) is 42.3 Å². The number of alkyl carbamates (subject to hydrolysis) is 1. The zero-order valence-electron chi connectivity index (χ0n) is 29.2. The number of benzene rings is 3. The largest absolute Gasteiger partial charge is 0.490 e. The Morgan fingerprint density at radius 3 is 2.13 bits per heavy atom. The van der Waals surface area contributed by atoms with Gasteiger partial charge in [-0.25, -0.2) is 13.2 Å². The summed E-state index contributed by atoms with van der Waals surface area (Å²) < 4.78 is 75.0. The summed E-state index contributed by atoms with van der Waals surface area (Å²) in [6, 6.07) is 16.1. The lowest BCUT2D eigenvalue weighted by Crippen LogP contribution is -2.58. The van der Waals surface area contributed by atoms with E-state index in [0.29, 0.717) is 26.4 Å². The van der Waals surface area contributed by atoms with Crippen molar-refractivity contribution < 1.29 is 36.3 Å². The molecule has 2 N–H and O–H groups in total. The minimum atomic E-state index is -4.62. The predicted octanol–water partition coefficient (Wildman–Crippen LogP) is 8.50. The van der Waals surface area contributed by atoms with E-state index in [1.54, 1.807) is 63.2 Å². The van der Waals surface area contributed by atoms with Gasteiger partial charge in [-0.05, 0) is 112 Å². The van der Waals surface area contributed by atoms with Crippen LogP contribution >= 0.6 is 22.9 Å². The van der Waals surface area contributed by atoms with Crippen molar-refractivity contribution in [1.29, 1.82) is 0 Å². The third kappa shape index (κ3) is 9.05. The molecule has 14 heteroatoms. The summed E-state index contributed by atoms with van der Waals surface area (Å²) in [5.74, 6) is -4.41. The topological polar surface area (TPSA) is 114 Å². The van der Waals surface area contributed by atoms with Crippen LogP contribution in [-0.4, -0.2) is 62.2 Å². The number of likely N-dealkylation sites (tertiary alicyclic amines) is 1. The summed E-state index contributed by atoms with van der Waals surface area (Å²) in [5, 5.41) is 3.90. The van der Waals surface area contributed by atoms with Crippen LogP contribution in [0.5, 0.6) is 5.75 Å². The van der Waals surface area contributed by atoms with Crippen molar-refractivity contribution in [3.8, 4) is 16.9 Å². The van der Waals surface area contributed by atoms with Gasteiger partial charge in [0.2, 0.25) is 5.91 Å². The number of carbonyl (C=O) groups excluding carboxylic acids is 2. The van der Waals surface area contributed by atoms with Crippen molar-refractivity contribution in [3.63, 3.8) is 0 Å². The normalized spacial score (nSPS) is 16.9. The number of hydrogen-bond donors (Lipinski definition) is 2. The molecule has 0 spiro atoms. The quantitative estimate of drug-likeness (QED) is 0.167. The summed E-state index contributed by atoms with van der Waals surface area (Å²) in [6.07, 6.45) is 4.14. The highest BCUT2D eigenvalue weighted by Crippen LogP contribution is 2.38. The van der Waals surface area contributed by atoms with Gasteiger partial charge in [-0.1, -0.05) is 48.0 Å². The average molecular weight is 774 g/mol. The van der Waals surface area contributed by atoms with E-state index in [9.17, 15) is 18.0 Å². The van der Waals surface area contributed by atoms with E-state index in [2.05, 4.69) is 10.0 Å². The van der Waals surface area contributed by atoms with Gasteiger partial charge in [0.25, 0.3) is 15.9 Å². The van der Waals surface area contributed by atoms with Crippen LogP contribution in [0.1, 0.15) is 64.9 Å². The Kier molecular flexibility index (Phi) is 11.2. The Bertz CT molecular complexity index is 2000. The second-order valence-electron chi connectivity index (χ2n) is 14.3. The Labute approximate surface area is 311 Å². The summed E-state index contributed by atoms with van der Waals surface area (Å²) in [7, 11) is -4.62. The van der Waals surface area contributed by atoms with Crippen molar-refractivity contribution in [1.82, 2.24) is 14.9 Å². The maximum atomic E-state index is 16.6. The number of thiophene rings is 1. The molecule has 1 aliphatic heterocycles. The maximum Gasteiger partial charge on any atom is 0.407 e. The fourth-order valence-electron chi connectivity index (χ4n) is 6.48. The summed E-state index contributed by atoms with van der Waals surface area (Å²) >= 11 is 6.92. The lowest BCUT2D eigenvalue weighted by atomic mass is 9.96. The molecule has 52 heavy (non-hydrogen) atoms. The van der Waals surface area contributed by atoms with Gasteiger partial charge in [-0.15, -0.1) is 11.3 Å². The molecule has 2 fully saturated rings. The standard InChI is InChI=1S/C38H42ClF2N3O6S2/c1-37(2,3)50-36(46)42-29-18-20-44(21-19-29)35(45)34(38(40,41)27-13-8-24(9-14-27)25-10-15-28(39)16-11-25)43-52(47,48)33-22-26-12-17-31(23-32(26)51-33)49-30-6-4-5-7-30/h8-17,22-23,29-30,34,43H,4-7,18-21H2,1-3H3,(H,42,46). The molecule has 278 valence electrons. The van der Waals surface area contributed by atoms with E-state index in [4.69, 9.17) is 21.1 Å². The van der Waals surface area contributed by atoms with Gasteiger partial charge >= 0.3 is 6.09 Å². The third-order valence-electron chi connectivity index (χ3n) is 9.20. The molecule has 3 aromatic carbocycles. The first-order chi connectivity index (χ1) is 24.6. The lowest BCUT2D eigenvalue weighted by Gasteiger charge is -2.36. The van der Waals surface area contributed by atoms with Gasteiger partial charge in [0.05, 0.1) is 6.10 Å². The van der Waals surface area contributed by atoms with Crippen molar-refractivity contribution in [2.24, 2.45) is 0 Å². The minimum absolute atomic E-state index is 0.0236. The smallest absolute Gasteiger partial charge is 0.407 e. The Morgan fingerprint density at radius 2 is 1.52 bits per heavy atom. The van der Waals surface area contributed by atoms with Crippen LogP contribution in [0.15, 0.2) is 77.0 Å². The van der Waals surface area contributed by atoms with Crippen molar-refractivity contribution in [3.05, 3.63) is 83.4 Å². The molecular formula is C38H42ClF2N3O6S2. The average Bonchev–Trinajstić information content (AvgIpc) is 3.77. The number of nitrogens with one attached hydrogen (secondary N) is 2. The molecular weight excluding hydrogens is 732 g/mol. The highest BCUT2D eigenvalue weighted by atomic mass is 35.5. The molecule has 1 saturated carbocycles. The molecule has 1 unspecified atom stereocenters. The fourth-order valence-corrected chi connectivity index (χ4v) is 9.24. The number of carbonyl (C=O) groups is 2. The number of alkyl halides is 2. The van der Waals surface area contributed by atoms with Crippen molar-refractivity contribution in [2.75, 3.05) is 13.1 Å². The molecule has 0 bridgehead atoms. The molecule has 2 amide bonds. The number of piperidine rings is 1. The number of nitrogens with zero attached hydrogens (tertiary/aromatic N) is 1. The monoisotopic (exact) mass is 773 g/mol. The van der Waals surface area contributed by atoms with Crippen LogP contribution in [0, 0.1) is 0 Å². The SMILES string of the molecule is CC(C)(C)OC(=O)NC1CCN(C(=O)C(NS(=O)(=O)c2cc3ccc(OC4CCCC4)cc3s2)C(F)(F)c2ccc(-c3ccc(Cl)cc3)cc2)CC1. The van der Waals surface area contributed by atoms with E-state index >= 15 is 8.78 Å². The van der Waals surface area contributed by atoms with Crippen LogP contribution < -0.4 is 14.8 Å². The molecule has 0 radical (unpaired) electrons. The number of sulfonamides is 1. The van der Waals surface area contributed by atoms with E-state index < -0.39 is 45.2 Å². The van der Waals surface area contributed by atoms with Crippen molar-refractivity contribution >= 4 is 55.0 Å². The third-order valence-corrected chi connectivity index (χ3v) is 12.4. The Morgan fingerprint density at radius 1 is 0.904 bits per heavy atom. The van der Waals surface area contributed by atoms with Gasteiger partial charge in [0.1, 0.15) is 15.6 Å². The molecule has 1 saturated heterocycles. The highest BCUT2D eigenvalue weighted by molar-refractivity contribution is 7.91. The van der Waals surface area contributed by atoms with Crippen LogP contribution in [0.25, 0.3) is 21.2 Å². The fraction of sp³-hybridized carbons (Fsp3) is 0.421. The van der Waals surface area contributed by atoms with Crippen LogP contribution in [0.2, 0.25) is 5.02 Å². The van der Waals surface area contributed by atoms with Crippen LogP contribution in [-0.2, 0) is 25.5 Å². The zero-order chi connectivity index (χ0) is 37.3. The van der Waals surface area contributed by atoms with Gasteiger partial charge < -0.3 is 19.7 Å². The molecule has 1 aromatic heterocycles. The van der Waals surface area contributed by atoms with Crippen LogP contribution in [0.3, 0.4) is 0 Å². The molecule has 1 atom stereocenters. The Balaban J connectivity index is 1.25. The summed E-state index contributed by atoms with van der Waals surface area (Å²) in [5.41, 5.74) is 0.152. The number of amides is 2. The van der Waals surface area contributed by atoms with E-state index in [1.165, 1.54) is 35.2 Å². The number of hydrogen-bond acceptors (Lipinski definition) is 7. The van der Waals surface area contributed by atoms with Crippen molar-refractivity contribution in [2.45, 2.75) is 93.2 Å². The molecule has 6 rings (SSSR count). The molecule has 9 nitrogen and oxygen atoms in total. The van der Waals surface area contributed by atoms with Gasteiger partial charge in [-0.2, -0.15) is 13.5 Å². The minimum Gasteiger partial charge on any atom is -0.490 e.